The molecule has 16 heavy (non-hydrogen) atoms. The molecule has 6 heteroatoms. The highest BCUT2D eigenvalue weighted by molar-refractivity contribution is 5.81. The second-order valence-electron chi connectivity index (χ2n) is 3.98. The van der Waals surface area contributed by atoms with Gasteiger partial charge in [0.05, 0.1) is 12.3 Å². The number of carboxylic acid groups (broad SMARTS) is 2. The fourth-order valence-electron chi connectivity index (χ4n) is 1.88. The van der Waals surface area contributed by atoms with Gasteiger partial charge in [0, 0.05) is 12.5 Å². The van der Waals surface area contributed by atoms with E-state index in [-0.39, 0.29) is 24.8 Å². The Morgan fingerprint density at radius 2 is 1.75 bits per heavy atom. The van der Waals surface area contributed by atoms with Crippen molar-refractivity contribution in [3.05, 3.63) is 0 Å². The summed E-state index contributed by atoms with van der Waals surface area (Å²) in [5.41, 5.74) is 0. The van der Waals surface area contributed by atoms with Crippen molar-refractivity contribution in [2.45, 2.75) is 25.7 Å². The molecule has 0 heterocycles. The van der Waals surface area contributed by atoms with Gasteiger partial charge in [-0.25, -0.2) is 0 Å². The maximum absolute atomic E-state index is 11.5. The Morgan fingerprint density at radius 3 is 2.25 bits per heavy atom. The highest BCUT2D eigenvalue weighted by Crippen LogP contribution is 2.30. The number of carbonyl (C=O) groups is 3. The molecule has 0 saturated heterocycles. The number of nitrogens with one attached hydrogen (secondary N) is 1. The zero-order chi connectivity index (χ0) is 12.1. The lowest BCUT2D eigenvalue weighted by atomic mass is 10.0. The minimum absolute atomic E-state index is 0.0996. The van der Waals surface area contributed by atoms with Crippen LogP contribution in [0.15, 0.2) is 0 Å². The van der Waals surface area contributed by atoms with E-state index in [9.17, 15) is 14.4 Å². The Hall–Kier alpha value is -1.59. The van der Waals surface area contributed by atoms with Crippen molar-refractivity contribution in [3.63, 3.8) is 0 Å². The van der Waals surface area contributed by atoms with E-state index in [1.165, 1.54) is 0 Å². The lowest BCUT2D eigenvalue weighted by Gasteiger charge is -2.09. The van der Waals surface area contributed by atoms with Gasteiger partial charge in [0.25, 0.3) is 0 Å². The van der Waals surface area contributed by atoms with Crippen molar-refractivity contribution in [2.75, 3.05) is 6.54 Å². The van der Waals surface area contributed by atoms with Gasteiger partial charge in [-0.05, 0) is 19.3 Å². The third-order valence-electron chi connectivity index (χ3n) is 2.79. The molecule has 1 rings (SSSR count). The van der Waals surface area contributed by atoms with Gasteiger partial charge in [-0.2, -0.15) is 0 Å². The summed E-state index contributed by atoms with van der Waals surface area (Å²) < 4.78 is 0. The fourth-order valence-corrected chi connectivity index (χ4v) is 1.88. The molecule has 1 aliphatic carbocycles. The van der Waals surface area contributed by atoms with Crippen molar-refractivity contribution in [3.8, 4) is 0 Å². The lowest BCUT2D eigenvalue weighted by Crippen LogP contribution is -2.31. The van der Waals surface area contributed by atoms with Crippen molar-refractivity contribution in [1.82, 2.24) is 5.32 Å². The van der Waals surface area contributed by atoms with Gasteiger partial charge < -0.3 is 15.5 Å². The van der Waals surface area contributed by atoms with Crippen LogP contribution in [0.25, 0.3) is 0 Å². The number of amides is 1. The predicted molar refractivity (Wildman–Crippen MR) is 53.7 cm³/mol. The van der Waals surface area contributed by atoms with Crippen molar-refractivity contribution in [1.29, 1.82) is 0 Å². The first kappa shape index (κ1) is 12.5. The Kier molecular flexibility index (Phi) is 4.28. The number of hydrogen-bond donors (Lipinski definition) is 3. The van der Waals surface area contributed by atoms with Crippen molar-refractivity contribution < 1.29 is 24.6 Å². The zero-order valence-electron chi connectivity index (χ0n) is 8.81. The third-order valence-corrected chi connectivity index (χ3v) is 2.79. The quantitative estimate of drug-likeness (QED) is 0.619. The van der Waals surface area contributed by atoms with Crippen LogP contribution in [0.1, 0.15) is 25.7 Å². The van der Waals surface area contributed by atoms with E-state index in [4.69, 9.17) is 10.2 Å². The van der Waals surface area contributed by atoms with Crippen LogP contribution < -0.4 is 5.32 Å². The fraction of sp³-hybridized carbons (Fsp3) is 0.700. The molecule has 0 aromatic heterocycles. The predicted octanol–water partition coefficient (Wildman–Crippen LogP) is 0.0782. The van der Waals surface area contributed by atoms with E-state index in [1.807, 2.05) is 0 Å². The molecule has 0 aromatic rings. The SMILES string of the molecule is O=C(O)CCNC(=O)C1CCC(C(=O)O)C1. The van der Waals surface area contributed by atoms with Crippen LogP contribution in [0.2, 0.25) is 0 Å². The van der Waals surface area contributed by atoms with Gasteiger partial charge in [0.1, 0.15) is 0 Å². The van der Waals surface area contributed by atoms with E-state index >= 15 is 0 Å². The molecule has 3 N–H and O–H groups in total. The summed E-state index contributed by atoms with van der Waals surface area (Å²) in [7, 11) is 0. The molecular formula is C10H15NO5. The van der Waals surface area contributed by atoms with Crippen molar-refractivity contribution >= 4 is 17.8 Å². The van der Waals surface area contributed by atoms with E-state index in [0.29, 0.717) is 19.3 Å². The van der Waals surface area contributed by atoms with E-state index < -0.39 is 17.9 Å². The molecule has 1 aliphatic rings. The molecule has 1 saturated carbocycles. The standard InChI is InChI=1S/C10H15NO5/c12-8(13)3-4-11-9(14)6-1-2-7(5-6)10(15)16/h6-7H,1-5H2,(H,11,14)(H,12,13)(H,15,16). The Labute approximate surface area is 92.6 Å². The van der Waals surface area contributed by atoms with Crippen LogP contribution in [0, 0.1) is 11.8 Å². The molecule has 0 radical (unpaired) electrons. The van der Waals surface area contributed by atoms with Gasteiger partial charge in [-0.1, -0.05) is 0 Å². The summed E-state index contributed by atoms with van der Waals surface area (Å²) in [4.78, 5) is 32.4. The van der Waals surface area contributed by atoms with Crippen LogP contribution in [0.3, 0.4) is 0 Å². The minimum Gasteiger partial charge on any atom is -0.481 e. The van der Waals surface area contributed by atoms with Crippen LogP contribution in [-0.4, -0.2) is 34.6 Å². The normalized spacial score (nSPS) is 24.0. The average Bonchev–Trinajstić information content (AvgIpc) is 2.65. The van der Waals surface area contributed by atoms with E-state index in [0.717, 1.165) is 0 Å². The second kappa shape index (κ2) is 5.48. The summed E-state index contributed by atoms with van der Waals surface area (Å²) in [6.45, 7) is 0.0996. The monoisotopic (exact) mass is 229 g/mol. The first-order valence-electron chi connectivity index (χ1n) is 5.23. The molecule has 0 spiro atoms. The highest BCUT2D eigenvalue weighted by atomic mass is 16.4. The lowest BCUT2D eigenvalue weighted by molar-refractivity contribution is -0.141. The van der Waals surface area contributed by atoms with Crippen LogP contribution in [0.4, 0.5) is 0 Å². The molecule has 0 aromatic carbocycles. The molecule has 1 amide bonds. The molecule has 1 fully saturated rings. The van der Waals surface area contributed by atoms with Gasteiger partial charge in [-0.15, -0.1) is 0 Å². The van der Waals surface area contributed by atoms with Crippen molar-refractivity contribution in [2.24, 2.45) is 11.8 Å². The minimum atomic E-state index is -0.963. The molecular weight excluding hydrogens is 214 g/mol. The summed E-state index contributed by atoms with van der Waals surface area (Å²) in [5.74, 6) is -2.77. The van der Waals surface area contributed by atoms with E-state index in [1.54, 1.807) is 0 Å². The van der Waals surface area contributed by atoms with Crippen LogP contribution in [-0.2, 0) is 14.4 Å². The maximum atomic E-state index is 11.5. The largest absolute Gasteiger partial charge is 0.481 e. The molecule has 6 nitrogen and oxygen atoms in total. The number of carbonyl (C=O) groups excluding carboxylic acids is 1. The van der Waals surface area contributed by atoms with Crippen LogP contribution >= 0.6 is 0 Å². The van der Waals surface area contributed by atoms with Gasteiger partial charge >= 0.3 is 11.9 Å². The second-order valence-corrected chi connectivity index (χ2v) is 3.98. The highest BCUT2D eigenvalue weighted by Gasteiger charge is 2.33. The number of rotatable bonds is 5. The topological polar surface area (TPSA) is 104 Å². The van der Waals surface area contributed by atoms with E-state index in [2.05, 4.69) is 5.32 Å². The Bertz CT molecular complexity index is 302. The Morgan fingerprint density at radius 1 is 1.12 bits per heavy atom. The average molecular weight is 229 g/mol. The zero-order valence-corrected chi connectivity index (χ0v) is 8.81. The molecule has 2 unspecified atom stereocenters. The summed E-state index contributed by atoms with van der Waals surface area (Å²) in [5, 5.41) is 19.6. The molecule has 2 atom stereocenters. The first-order chi connectivity index (χ1) is 7.50. The van der Waals surface area contributed by atoms with Gasteiger partial charge in [0.2, 0.25) is 5.91 Å². The van der Waals surface area contributed by atoms with Gasteiger partial charge in [-0.3, -0.25) is 14.4 Å². The maximum Gasteiger partial charge on any atom is 0.306 e. The summed E-state index contributed by atoms with van der Waals surface area (Å²) in [6, 6.07) is 0. The Balaban J connectivity index is 2.28. The number of hydrogen-bond acceptors (Lipinski definition) is 3. The smallest absolute Gasteiger partial charge is 0.306 e. The molecule has 0 bridgehead atoms. The number of carboxylic acids is 2. The van der Waals surface area contributed by atoms with Gasteiger partial charge in [0.15, 0.2) is 0 Å². The first-order valence-corrected chi connectivity index (χ1v) is 5.23. The summed E-state index contributed by atoms with van der Waals surface area (Å²) in [6.07, 6.45) is 1.33. The summed E-state index contributed by atoms with van der Waals surface area (Å²) >= 11 is 0. The molecule has 0 aliphatic heterocycles. The van der Waals surface area contributed by atoms with Crippen LogP contribution in [0.5, 0.6) is 0 Å². The number of aliphatic carboxylic acids is 2. The third kappa shape index (κ3) is 3.52. The molecule has 90 valence electrons.